The van der Waals surface area contributed by atoms with E-state index in [0.29, 0.717) is 6.54 Å². The van der Waals surface area contributed by atoms with Gasteiger partial charge in [0.15, 0.2) is 0 Å². The molecule has 1 amide bonds. The number of pyridine rings is 1. The Morgan fingerprint density at radius 1 is 1.52 bits per heavy atom. The topological polar surface area (TPSA) is 54.5 Å². The standard InChI is InChI=1S/C15H22BrN3O2/c1-15(2,3)21-14(20)18-10-12-5-4-8-19(12)13-7-6-11(16)9-17-13/h6-7,9,12H,4-5,8,10H2,1-3H3,(H,18,20). The molecular formula is C15H22BrN3O2. The third-order valence-electron chi connectivity index (χ3n) is 3.26. The molecule has 5 nitrogen and oxygen atoms in total. The lowest BCUT2D eigenvalue weighted by Crippen LogP contribution is -2.42. The number of nitrogens with zero attached hydrogens (tertiary/aromatic N) is 2. The van der Waals surface area contributed by atoms with Crippen molar-refractivity contribution in [2.45, 2.75) is 45.3 Å². The number of hydrogen-bond acceptors (Lipinski definition) is 4. The lowest BCUT2D eigenvalue weighted by molar-refractivity contribution is 0.0525. The molecule has 2 heterocycles. The number of amides is 1. The molecule has 0 spiro atoms. The highest BCUT2D eigenvalue weighted by atomic mass is 79.9. The molecule has 0 aliphatic carbocycles. The molecule has 0 bridgehead atoms. The number of ether oxygens (including phenoxy) is 1. The Morgan fingerprint density at radius 2 is 2.29 bits per heavy atom. The smallest absolute Gasteiger partial charge is 0.407 e. The van der Waals surface area contributed by atoms with Crippen molar-refractivity contribution in [1.29, 1.82) is 0 Å². The van der Waals surface area contributed by atoms with Gasteiger partial charge in [-0.05, 0) is 61.7 Å². The average Bonchev–Trinajstić information content (AvgIpc) is 2.83. The summed E-state index contributed by atoms with van der Waals surface area (Å²) >= 11 is 3.39. The van der Waals surface area contributed by atoms with Gasteiger partial charge in [0, 0.05) is 29.8 Å². The van der Waals surface area contributed by atoms with Crippen LogP contribution < -0.4 is 10.2 Å². The van der Waals surface area contributed by atoms with E-state index in [0.717, 1.165) is 29.7 Å². The highest BCUT2D eigenvalue weighted by molar-refractivity contribution is 9.10. The van der Waals surface area contributed by atoms with Gasteiger partial charge in [-0.25, -0.2) is 9.78 Å². The van der Waals surface area contributed by atoms with E-state index in [-0.39, 0.29) is 12.1 Å². The first-order valence-electron chi connectivity index (χ1n) is 7.20. The fraction of sp³-hybridized carbons (Fsp3) is 0.600. The zero-order valence-corrected chi connectivity index (χ0v) is 14.3. The van der Waals surface area contributed by atoms with Gasteiger partial charge in [-0.3, -0.25) is 0 Å². The Kier molecular flexibility index (Phi) is 5.08. The fourth-order valence-corrected chi connectivity index (χ4v) is 2.64. The normalized spacial score (nSPS) is 18.7. The van der Waals surface area contributed by atoms with Gasteiger partial charge < -0.3 is 15.0 Å². The Morgan fingerprint density at radius 3 is 2.90 bits per heavy atom. The summed E-state index contributed by atoms with van der Waals surface area (Å²) in [4.78, 5) is 18.4. The van der Waals surface area contributed by atoms with Crippen molar-refractivity contribution >= 4 is 27.8 Å². The summed E-state index contributed by atoms with van der Waals surface area (Å²) in [6, 6.07) is 4.25. The second kappa shape index (κ2) is 6.64. The summed E-state index contributed by atoms with van der Waals surface area (Å²) in [7, 11) is 0. The minimum absolute atomic E-state index is 0.270. The summed E-state index contributed by atoms with van der Waals surface area (Å²) in [5.41, 5.74) is -0.466. The number of anilines is 1. The first kappa shape index (κ1) is 16.1. The van der Waals surface area contributed by atoms with Crippen molar-refractivity contribution in [1.82, 2.24) is 10.3 Å². The van der Waals surface area contributed by atoms with Crippen LogP contribution in [0.25, 0.3) is 0 Å². The summed E-state index contributed by atoms with van der Waals surface area (Å²) in [6.45, 7) is 7.13. The number of aromatic nitrogens is 1. The van der Waals surface area contributed by atoms with Gasteiger partial charge in [-0.2, -0.15) is 0 Å². The predicted molar refractivity (Wildman–Crippen MR) is 86.5 cm³/mol. The molecule has 0 saturated carbocycles. The van der Waals surface area contributed by atoms with E-state index in [1.807, 2.05) is 32.9 Å². The van der Waals surface area contributed by atoms with E-state index in [1.54, 1.807) is 6.20 Å². The maximum absolute atomic E-state index is 11.7. The van der Waals surface area contributed by atoms with Crippen LogP contribution in [0.5, 0.6) is 0 Å². The number of carbonyl (C=O) groups excluding carboxylic acids is 1. The van der Waals surface area contributed by atoms with Gasteiger partial charge in [0.1, 0.15) is 11.4 Å². The van der Waals surface area contributed by atoms with E-state index in [2.05, 4.69) is 31.1 Å². The number of nitrogens with one attached hydrogen (secondary N) is 1. The molecule has 0 aromatic carbocycles. The molecule has 1 aromatic rings. The molecule has 1 fully saturated rings. The fourth-order valence-electron chi connectivity index (χ4n) is 2.40. The minimum atomic E-state index is -0.466. The Labute approximate surface area is 134 Å². The van der Waals surface area contributed by atoms with Crippen LogP contribution in [0.4, 0.5) is 10.6 Å². The second-order valence-corrected chi connectivity index (χ2v) is 7.12. The van der Waals surface area contributed by atoms with Crippen LogP contribution in [-0.2, 0) is 4.74 Å². The van der Waals surface area contributed by atoms with E-state index < -0.39 is 5.60 Å². The number of rotatable bonds is 3. The van der Waals surface area contributed by atoms with Gasteiger partial charge in [0.05, 0.1) is 0 Å². The van der Waals surface area contributed by atoms with Gasteiger partial charge in [0.25, 0.3) is 0 Å². The van der Waals surface area contributed by atoms with Crippen molar-refractivity contribution < 1.29 is 9.53 Å². The minimum Gasteiger partial charge on any atom is -0.444 e. The molecule has 21 heavy (non-hydrogen) atoms. The molecule has 1 atom stereocenters. The van der Waals surface area contributed by atoms with Crippen LogP contribution in [0.3, 0.4) is 0 Å². The number of halogens is 1. The lowest BCUT2D eigenvalue weighted by Gasteiger charge is -2.26. The second-order valence-electron chi connectivity index (χ2n) is 6.21. The Balaban J connectivity index is 1.90. The van der Waals surface area contributed by atoms with Crippen LogP contribution in [0, 0.1) is 0 Å². The molecule has 1 aromatic heterocycles. The van der Waals surface area contributed by atoms with Crippen molar-refractivity contribution in [3.63, 3.8) is 0 Å². The van der Waals surface area contributed by atoms with Crippen LogP contribution in [0.15, 0.2) is 22.8 Å². The lowest BCUT2D eigenvalue weighted by atomic mass is 10.2. The number of carbonyl (C=O) groups is 1. The van der Waals surface area contributed by atoms with Crippen molar-refractivity contribution in [3.8, 4) is 0 Å². The molecule has 2 rings (SSSR count). The molecule has 6 heteroatoms. The maximum Gasteiger partial charge on any atom is 0.407 e. The Hall–Kier alpha value is -1.30. The largest absolute Gasteiger partial charge is 0.444 e. The third-order valence-corrected chi connectivity index (χ3v) is 3.73. The van der Waals surface area contributed by atoms with Gasteiger partial charge >= 0.3 is 6.09 Å². The SMILES string of the molecule is CC(C)(C)OC(=O)NCC1CCCN1c1ccc(Br)cn1. The molecule has 1 aliphatic heterocycles. The van der Waals surface area contributed by atoms with Gasteiger partial charge in [-0.1, -0.05) is 0 Å². The monoisotopic (exact) mass is 355 g/mol. The van der Waals surface area contributed by atoms with Crippen LogP contribution in [0.1, 0.15) is 33.6 Å². The summed E-state index contributed by atoms with van der Waals surface area (Å²) in [5.74, 6) is 0.951. The van der Waals surface area contributed by atoms with Crippen molar-refractivity contribution in [3.05, 3.63) is 22.8 Å². The molecular weight excluding hydrogens is 334 g/mol. The van der Waals surface area contributed by atoms with Crippen LogP contribution >= 0.6 is 15.9 Å². The number of alkyl carbamates (subject to hydrolysis) is 1. The Bertz CT molecular complexity index is 485. The quantitative estimate of drug-likeness (QED) is 0.903. The first-order valence-corrected chi connectivity index (χ1v) is 7.99. The predicted octanol–water partition coefficient (Wildman–Crippen LogP) is 3.34. The third kappa shape index (κ3) is 4.88. The highest BCUT2D eigenvalue weighted by Gasteiger charge is 2.26. The zero-order valence-electron chi connectivity index (χ0n) is 12.7. The summed E-state index contributed by atoms with van der Waals surface area (Å²) in [5, 5.41) is 2.85. The van der Waals surface area contributed by atoms with Gasteiger partial charge in [0.2, 0.25) is 0 Å². The maximum atomic E-state index is 11.7. The molecule has 1 unspecified atom stereocenters. The number of hydrogen-bond donors (Lipinski definition) is 1. The summed E-state index contributed by atoms with van der Waals surface area (Å²) in [6.07, 6.45) is 3.59. The van der Waals surface area contributed by atoms with E-state index in [4.69, 9.17) is 4.74 Å². The van der Waals surface area contributed by atoms with Crippen molar-refractivity contribution in [2.24, 2.45) is 0 Å². The molecule has 1 saturated heterocycles. The summed E-state index contributed by atoms with van der Waals surface area (Å²) < 4.78 is 6.23. The van der Waals surface area contributed by atoms with Crippen LogP contribution in [-0.4, -0.2) is 35.8 Å². The van der Waals surface area contributed by atoms with E-state index in [9.17, 15) is 4.79 Å². The van der Waals surface area contributed by atoms with Gasteiger partial charge in [-0.15, -0.1) is 0 Å². The molecule has 1 aliphatic rings. The van der Waals surface area contributed by atoms with E-state index >= 15 is 0 Å². The molecule has 1 N–H and O–H groups in total. The molecule has 116 valence electrons. The molecule has 0 radical (unpaired) electrons. The first-order chi connectivity index (χ1) is 9.85. The van der Waals surface area contributed by atoms with Crippen LogP contribution in [0.2, 0.25) is 0 Å². The van der Waals surface area contributed by atoms with E-state index in [1.165, 1.54) is 0 Å². The highest BCUT2D eigenvalue weighted by Crippen LogP contribution is 2.24. The average molecular weight is 356 g/mol. The van der Waals surface area contributed by atoms with Crippen molar-refractivity contribution in [2.75, 3.05) is 18.0 Å². The zero-order chi connectivity index (χ0) is 15.5.